The highest BCUT2D eigenvalue weighted by Gasteiger charge is 2.19. The van der Waals surface area contributed by atoms with Crippen LogP contribution in [0.15, 0.2) is 75.9 Å². The van der Waals surface area contributed by atoms with Crippen molar-refractivity contribution in [3.63, 3.8) is 0 Å². The van der Waals surface area contributed by atoms with Crippen LogP contribution in [0.5, 0.6) is 17.2 Å². The van der Waals surface area contributed by atoms with Gasteiger partial charge in [0.2, 0.25) is 11.2 Å². The molecule has 1 amide bonds. The van der Waals surface area contributed by atoms with Crippen LogP contribution in [-0.2, 0) is 4.79 Å². The molecule has 0 aliphatic rings. The van der Waals surface area contributed by atoms with E-state index in [0.717, 1.165) is 5.56 Å². The van der Waals surface area contributed by atoms with Crippen LogP contribution in [-0.4, -0.2) is 26.7 Å². The van der Waals surface area contributed by atoms with Crippen molar-refractivity contribution in [2.45, 2.75) is 6.92 Å². The van der Waals surface area contributed by atoms with E-state index in [2.05, 4.69) is 5.32 Å². The highest BCUT2D eigenvalue weighted by atomic mass is 16.5. The second-order valence-corrected chi connectivity index (χ2v) is 7.36. The maximum atomic E-state index is 13.2. The van der Waals surface area contributed by atoms with Gasteiger partial charge in [0.05, 0.1) is 25.3 Å². The Morgan fingerprint density at radius 3 is 2.48 bits per heavy atom. The molecule has 7 heteroatoms. The zero-order valence-corrected chi connectivity index (χ0v) is 18.5. The Labute approximate surface area is 190 Å². The molecule has 0 saturated heterocycles. The van der Waals surface area contributed by atoms with Gasteiger partial charge in [0.15, 0.2) is 12.4 Å². The van der Waals surface area contributed by atoms with Gasteiger partial charge in [-0.2, -0.15) is 0 Å². The van der Waals surface area contributed by atoms with Gasteiger partial charge in [-0.25, -0.2) is 0 Å². The summed E-state index contributed by atoms with van der Waals surface area (Å²) in [6.45, 7) is 1.53. The first-order valence-electron chi connectivity index (χ1n) is 10.3. The predicted molar refractivity (Wildman–Crippen MR) is 126 cm³/mol. The first-order valence-corrected chi connectivity index (χ1v) is 10.3. The summed E-state index contributed by atoms with van der Waals surface area (Å²) in [5.41, 5.74) is 2.20. The predicted octanol–water partition coefficient (Wildman–Crippen LogP) is 4.80. The number of hydrogen-bond acceptors (Lipinski definition) is 6. The second kappa shape index (κ2) is 9.48. The molecule has 33 heavy (non-hydrogen) atoms. The van der Waals surface area contributed by atoms with Gasteiger partial charge >= 0.3 is 0 Å². The number of ether oxygens (including phenoxy) is 3. The molecule has 0 radical (unpaired) electrons. The van der Waals surface area contributed by atoms with Crippen LogP contribution in [0, 0.1) is 6.92 Å². The molecule has 0 fully saturated rings. The quantitative estimate of drug-likeness (QED) is 0.440. The third-order valence-corrected chi connectivity index (χ3v) is 5.07. The number of methoxy groups -OCH3 is 2. The number of carbonyl (C=O) groups excluding carboxylic acids is 1. The largest absolute Gasteiger partial charge is 0.497 e. The molecule has 1 heterocycles. The van der Waals surface area contributed by atoms with E-state index in [1.165, 1.54) is 7.11 Å². The van der Waals surface area contributed by atoms with Crippen LogP contribution < -0.4 is 25.0 Å². The van der Waals surface area contributed by atoms with Gasteiger partial charge < -0.3 is 23.9 Å². The summed E-state index contributed by atoms with van der Waals surface area (Å²) in [6.07, 6.45) is 0. The van der Waals surface area contributed by atoms with E-state index in [-0.39, 0.29) is 16.9 Å². The number of hydrogen-bond donors (Lipinski definition) is 1. The van der Waals surface area contributed by atoms with Gasteiger partial charge in [0.25, 0.3) is 5.91 Å². The van der Waals surface area contributed by atoms with Crippen molar-refractivity contribution in [2.24, 2.45) is 0 Å². The van der Waals surface area contributed by atoms with Gasteiger partial charge in [-0.15, -0.1) is 0 Å². The van der Waals surface area contributed by atoms with Crippen molar-refractivity contribution in [2.75, 3.05) is 26.1 Å². The van der Waals surface area contributed by atoms with E-state index in [1.54, 1.807) is 37.4 Å². The van der Waals surface area contributed by atoms with Crippen LogP contribution in [0.1, 0.15) is 5.56 Å². The Kier molecular flexibility index (Phi) is 6.31. The third kappa shape index (κ3) is 4.67. The van der Waals surface area contributed by atoms with Gasteiger partial charge in [-0.05, 0) is 36.8 Å². The number of nitrogens with one attached hydrogen (secondary N) is 1. The van der Waals surface area contributed by atoms with E-state index in [4.69, 9.17) is 18.6 Å². The number of carbonyl (C=O) groups is 1. The lowest BCUT2D eigenvalue weighted by atomic mass is 10.1. The Bertz CT molecular complexity index is 1360. The Morgan fingerprint density at radius 2 is 1.76 bits per heavy atom. The number of anilines is 1. The van der Waals surface area contributed by atoms with E-state index < -0.39 is 12.5 Å². The standard InChI is InChI=1S/C26H23NO6/c1-16-9-11-19-21(13-16)33-25(17-7-5-4-6-8-17)26(24(19)29)32-15-23(28)27-20-12-10-18(30-2)14-22(20)31-3/h4-14H,15H2,1-3H3,(H,27,28). The summed E-state index contributed by atoms with van der Waals surface area (Å²) < 4.78 is 22.3. The summed E-state index contributed by atoms with van der Waals surface area (Å²) >= 11 is 0. The fraction of sp³-hybridized carbons (Fsp3) is 0.154. The lowest BCUT2D eigenvalue weighted by molar-refractivity contribution is -0.118. The van der Waals surface area contributed by atoms with Crippen LogP contribution >= 0.6 is 0 Å². The summed E-state index contributed by atoms with van der Waals surface area (Å²) in [4.78, 5) is 25.8. The molecule has 4 rings (SSSR count). The van der Waals surface area contributed by atoms with Crippen LogP contribution in [0.2, 0.25) is 0 Å². The molecule has 0 aliphatic carbocycles. The SMILES string of the molecule is COc1ccc(NC(=O)COc2c(-c3ccccc3)oc3cc(C)ccc3c2=O)c(OC)c1. The Morgan fingerprint density at radius 1 is 0.970 bits per heavy atom. The van der Waals surface area contributed by atoms with E-state index in [1.807, 2.05) is 43.3 Å². The molecule has 3 aromatic carbocycles. The molecule has 1 aromatic heterocycles. The van der Waals surface area contributed by atoms with Crippen LogP contribution in [0.4, 0.5) is 5.69 Å². The minimum Gasteiger partial charge on any atom is -0.497 e. The molecule has 4 aromatic rings. The zero-order chi connectivity index (χ0) is 23.4. The maximum absolute atomic E-state index is 13.2. The normalized spacial score (nSPS) is 10.6. The highest BCUT2D eigenvalue weighted by Crippen LogP contribution is 2.32. The highest BCUT2D eigenvalue weighted by molar-refractivity contribution is 5.93. The number of fused-ring (bicyclic) bond motifs is 1. The van der Waals surface area contributed by atoms with Crippen LogP contribution in [0.25, 0.3) is 22.3 Å². The monoisotopic (exact) mass is 445 g/mol. The first-order chi connectivity index (χ1) is 16.0. The molecular formula is C26H23NO6. The molecule has 1 N–H and O–H groups in total. The smallest absolute Gasteiger partial charge is 0.262 e. The van der Waals surface area contributed by atoms with Gasteiger partial charge in [0, 0.05) is 11.6 Å². The van der Waals surface area contributed by atoms with Crippen LogP contribution in [0.3, 0.4) is 0 Å². The van der Waals surface area contributed by atoms with Crippen molar-refractivity contribution in [3.8, 4) is 28.6 Å². The minimum absolute atomic E-state index is 0.0191. The van der Waals surface area contributed by atoms with Crippen molar-refractivity contribution in [3.05, 3.63) is 82.5 Å². The Balaban J connectivity index is 1.64. The van der Waals surface area contributed by atoms with Crippen molar-refractivity contribution < 1.29 is 23.4 Å². The summed E-state index contributed by atoms with van der Waals surface area (Å²) in [6, 6.07) is 19.5. The number of rotatable bonds is 7. The molecule has 0 atom stereocenters. The lowest BCUT2D eigenvalue weighted by Crippen LogP contribution is -2.23. The fourth-order valence-corrected chi connectivity index (χ4v) is 3.42. The minimum atomic E-state index is -0.458. The summed E-state index contributed by atoms with van der Waals surface area (Å²) in [5, 5.41) is 3.11. The lowest BCUT2D eigenvalue weighted by Gasteiger charge is -2.14. The summed E-state index contributed by atoms with van der Waals surface area (Å²) in [5.74, 6) is 0.828. The molecule has 168 valence electrons. The van der Waals surface area contributed by atoms with Crippen molar-refractivity contribution >= 4 is 22.6 Å². The number of aryl methyl sites for hydroxylation is 1. The van der Waals surface area contributed by atoms with Gasteiger partial charge in [-0.1, -0.05) is 36.4 Å². The zero-order valence-electron chi connectivity index (χ0n) is 18.5. The maximum Gasteiger partial charge on any atom is 0.262 e. The molecule has 0 unspecified atom stereocenters. The van der Waals surface area contributed by atoms with E-state index >= 15 is 0 Å². The molecule has 0 saturated carbocycles. The van der Waals surface area contributed by atoms with Crippen molar-refractivity contribution in [1.82, 2.24) is 0 Å². The molecule has 7 nitrogen and oxygen atoms in total. The number of benzene rings is 3. The summed E-state index contributed by atoms with van der Waals surface area (Å²) in [7, 11) is 3.04. The second-order valence-electron chi connectivity index (χ2n) is 7.36. The average molecular weight is 445 g/mol. The third-order valence-electron chi connectivity index (χ3n) is 5.07. The van der Waals surface area contributed by atoms with E-state index in [9.17, 15) is 9.59 Å². The average Bonchev–Trinajstić information content (AvgIpc) is 2.84. The van der Waals surface area contributed by atoms with Gasteiger partial charge in [-0.3, -0.25) is 9.59 Å². The topological polar surface area (TPSA) is 87.0 Å². The molecule has 0 bridgehead atoms. The molecule has 0 spiro atoms. The van der Waals surface area contributed by atoms with E-state index in [0.29, 0.717) is 33.7 Å². The molecule has 0 aliphatic heterocycles. The molecular weight excluding hydrogens is 422 g/mol. The van der Waals surface area contributed by atoms with Gasteiger partial charge in [0.1, 0.15) is 17.1 Å². The Hall–Kier alpha value is -4.26. The van der Waals surface area contributed by atoms with Crippen molar-refractivity contribution in [1.29, 1.82) is 0 Å². The first kappa shape index (κ1) is 22.0. The fourth-order valence-electron chi connectivity index (χ4n) is 3.42. The number of amides is 1.